The first kappa shape index (κ1) is 20.0. The highest BCUT2D eigenvalue weighted by Crippen LogP contribution is 2.35. The highest BCUT2D eigenvalue weighted by molar-refractivity contribution is 8.18. The summed E-state index contributed by atoms with van der Waals surface area (Å²) in [7, 11) is 1.31. The lowest BCUT2D eigenvalue weighted by atomic mass is 10.1. The molecule has 10 nitrogen and oxygen atoms in total. The first-order chi connectivity index (χ1) is 13.8. The summed E-state index contributed by atoms with van der Waals surface area (Å²) in [5, 5.41) is 21.3. The van der Waals surface area contributed by atoms with Gasteiger partial charge in [0.15, 0.2) is 5.75 Å². The molecule has 1 fully saturated rings. The Morgan fingerprint density at radius 1 is 1.07 bits per heavy atom. The minimum atomic E-state index is -0.601. The van der Waals surface area contributed by atoms with Gasteiger partial charge in [0.1, 0.15) is 0 Å². The zero-order valence-corrected chi connectivity index (χ0v) is 15.8. The second-order valence-corrected chi connectivity index (χ2v) is 6.87. The predicted molar refractivity (Wildman–Crippen MR) is 104 cm³/mol. The number of nitro benzene ring substituents is 2. The van der Waals surface area contributed by atoms with Crippen molar-refractivity contribution in [1.29, 1.82) is 0 Å². The van der Waals surface area contributed by atoms with Crippen LogP contribution in [-0.2, 0) is 11.3 Å². The van der Waals surface area contributed by atoms with E-state index in [1.807, 2.05) is 0 Å². The van der Waals surface area contributed by atoms with Gasteiger partial charge in [-0.05, 0) is 35.0 Å². The maximum absolute atomic E-state index is 12.6. The van der Waals surface area contributed by atoms with Crippen LogP contribution in [0.5, 0.6) is 5.75 Å². The quantitative estimate of drug-likeness (QED) is 0.396. The summed E-state index contributed by atoms with van der Waals surface area (Å²) in [4.78, 5) is 46.7. The lowest BCUT2D eigenvalue weighted by Gasteiger charge is -2.12. The highest BCUT2D eigenvalue weighted by Gasteiger charge is 2.35. The van der Waals surface area contributed by atoms with E-state index in [1.165, 1.54) is 55.7 Å². The van der Waals surface area contributed by atoms with Gasteiger partial charge in [-0.3, -0.25) is 34.7 Å². The fourth-order valence-electron chi connectivity index (χ4n) is 2.63. The van der Waals surface area contributed by atoms with Gasteiger partial charge in [0.2, 0.25) is 0 Å². The van der Waals surface area contributed by atoms with E-state index in [0.29, 0.717) is 11.1 Å². The zero-order valence-electron chi connectivity index (χ0n) is 14.9. The molecule has 3 rings (SSSR count). The number of nitrogens with zero attached hydrogens (tertiary/aromatic N) is 3. The van der Waals surface area contributed by atoms with Crippen molar-refractivity contribution in [1.82, 2.24) is 4.90 Å². The molecule has 1 aliphatic heterocycles. The number of ether oxygens (including phenoxy) is 1. The number of carbonyl (C=O) groups excluding carboxylic acids is 2. The molecule has 0 saturated carbocycles. The van der Waals surface area contributed by atoms with Gasteiger partial charge < -0.3 is 4.74 Å². The van der Waals surface area contributed by atoms with Crippen LogP contribution < -0.4 is 4.74 Å². The Balaban J connectivity index is 1.82. The number of benzene rings is 2. The van der Waals surface area contributed by atoms with Gasteiger partial charge in [-0.25, -0.2) is 0 Å². The van der Waals surface area contributed by atoms with Crippen LogP contribution in [0.25, 0.3) is 6.08 Å². The van der Waals surface area contributed by atoms with Crippen molar-refractivity contribution in [2.45, 2.75) is 6.54 Å². The van der Waals surface area contributed by atoms with E-state index in [-0.39, 0.29) is 28.6 Å². The summed E-state index contributed by atoms with van der Waals surface area (Å²) < 4.78 is 4.94. The van der Waals surface area contributed by atoms with Crippen LogP contribution >= 0.6 is 11.8 Å². The van der Waals surface area contributed by atoms with Gasteiger partial charge in [0, 0.05) is 18.2 Å². The zero-order chi connectivity index (χ0) is 21.1. The van der Waals surface area contributed by atoms with Crippen molar-refractivity contribution in [2.75, 3.05) is 7.11 Å². The van der Waals surface area contributed by atoms with E-state index in [9.17, 15) is 29.8 Å². The molecule has 1 aliphatic rings. The summed E-state index contributed by atoms with van der Waals surface area (Å²) in [5.41, 5.74) is 0.577. The third-order valence-electron chi connectivity index (χ3n) is 4.06. The maximum Gasteiger partial charge on any atom is 0.311 e. The second-order valence-electron chi connectivity index (χ2n) is 5.88. The van der Waals surface area contributed by atoms with Crippen LogP contribution in [0, 0.1) is 20.2 Å². The molecule has 1 saturated heterocycles. The van der Waals surface area contributed by atoms with Crippen molar-refractivity contribution in [3.8, 4) is 5.75 Å². The topological polar surface area (TPSA) is 133 Å². The Morgan fingerprint density at radius 3 is 2.34 bits per heavy atom. The van der Waals surface area contributed by atoms with Crippen molar-refractivity contribution in [2.24, 2.45) is 0 Å². The van der Waals surface area contributed by atoms with Crippen LogP contribution in [0.15, 0.2) is 47.4 Å². The van der Waals surface area contributed by atoms with Gasteiger partial charge in [-0.2, -0.15) is 0 Å². The number of imide groups is 1. The maximum atomic E-state index is 12.6. The smallest absolute Gasteiger partial charge is 0.311 e. The molecule has 0 bridgehead atoms. The molecule has 0 unspecified atom stereocenters. The molecule has 29 heavy (non-hydrogen) atoms. The summed E-state index contributed by atoms with van der Waals surface area (Å²) in [6.45, 7) is -0.0389. The van der Waals surface area contributed by atoms with Crippen molar-refractivity contribution in [3.63, 3.8) is 0 Å². The normalized spacial score (nSPS) is 15.1. The van der Waals surface area contributed by atoms with Gasteiger partial charge in [0.25, 0.3) is 16.8 Å². The highest BCUT2D eigenvalue weighted by atomic mass is 32.2. The molecule has 148 valence electrons. The number of carbonyl (C=O) groups is 2. The van der Waals surface area contributed by atoms with E-state index in [4.69, 9.17) is 4.74 Å². The second kappa shape index (κ2) is 8.10. The lowest BCUT2D eigenvalue weighted by Crippen LogP contribution is -2.27. The largest absolute Gasteiger partial charge is 0.490 e. The summed E-state index contributed by atoms with van der Waals surface area (Å²) in [6.07, 6.45) is 1.40. The summed E-state index contributed by atoms with van der Waals surface area (Å²) >= 11 is 0.717. The summed E-state index contributed by atoms with van der Waals surface area (Å²) in [5.74, 6) is -0.463. The lowest BCUT2D eigenvalue weighted by molar-refractivity contribution is -0.385. The molecular weight excluding hydrogens is 402 g/mol. The number of thioether (sulfide) groups is 1. The SMILES string of the molecule is COc1ccc(/C=C2/SC(=O)N(Cc3ccc([N+](=O)[O-])cc3)C2=O)cc1[N+](=O)[O-]. The van der Waals surface area contributed by atoms with Gasteiger partial charge in [0.05, 0.1) is 28.4 Å². The number of amides is 2. The number of hydrogen-bond donors (Lipinski definition) is 0. The molecule has 0 aliphatic carbocycles. The molecule has 0 N–H and O–H groups in total. The molecule has 0 atom stereocenters. The van der Waals surface area contributed by atoms with E-state index >= 15 is 0 Å². The molecule has 11 heteroatoms. The van der Waals surface area contributed by atoms with E-state index in [0.717, 1.165) is 16.7 Å². The van der Waals surface area contributed by atoms with Crippen molar-refractivity contribution in [3.05, 3.63) is 78.7 Å². The van der Waals surface area contributed by atoms with Crippen molar-refractivity contribution < 1.29 is 24.2 Å². The molecular formula is C18H13N3O7S. The minimum Gasteiger partial charge on any atom is -0.490 e. The first-order valence-electron chi connectivity index (χ1n) is 8.11. The summed E-state index contributed by atoms with van der Waals surface area (Å²) in [6, 6.07) is 9.72. The third-order valence-corrected chi connectivity index (χ3v) is 4.97. The molecule has 0 aromatic heterocycles. The van der Waals surface area contributed by atoms with Crippen LogP contribution in [-0.4, -0.2) is 33.0 Å². The molecule has 2 aromatic carbocycles. The first-order valence-corrected chi connectivity index (χ1v) is 8.93. The number of methoxy groups -OCH3 is 1. The number of rotatable bonds is 6. The fraction of sp³-hybridized carbons (Fsp3) is 0.111. The van der Waals surface area contributed by atoms with E-state index < -0.39 is 21.0 Å². The van der Waals surface area contributed by atoms with Crippen molar-refractivity contribution >= 4 is 40.4 Å². The number of nitro groups is 2. The molecule has 0 spiro atoms. The van der Waals surface area contributed by atoms with Gasteiger partial charge >= 0.3 is 5.69 Å². The number of non-ortho nitro benzene ring substituents is 1. The van der Waals surface area contributed by atoms with Crippen LogP contribution in [0.2, 0.25) is 0 Å². The third kappa shape index (κ3) is 4.24. The number of hydrogen-bond acceptors (Lipinski definition) is 8. The van der Waals surface area contributed by atoms with Gasteiger partial charge in [-0.15, -0.1) is 0 Å². The van der Waals surface area contributed by atoms with E-state index in [2.05, 4.69) is 0 Å². The average Bonchev–Trinajstić information content (AvgIpc) is 2.95. The molecule has 1 heterocycles. The Labute approximate surface area is 168 Å². The Bertz CT molecular complexity index is 1050. The average molecular weight is 415 g/mol. The monoisotopic (exact) mass is 415 g/mol. The van der Waals surface area contributed by atoms with Crippen LogP contribution in [0.3, 0.4) is 0 Å². The molecule has 2 amide bonds. The Morgan fingerprint density at radius 2 is 1.76 bits per heavy atom. The standard InChI is InChI=1S/C18H13N3O7S/c1-28-15-7-4-12(8-14(15)21(26)27)9-16-17(22)19(18(23)29-16)10-11-2-5-13(6-3-11)20(24)25/h2-9H,10H2,1H3/b16-9+. The van der Waals surface area contributed by atoms with E-state index in [1.54, 1.807) is 0 Å². The Kier molecular flexibility index (Phi) is 5.59. The predicted octanol–water partition coefficient (Wildman–Crippen LogP) is 3.75. The molecule has 0 radical (unpaired) electrons. The minimum absolute atomic E-state index is 0.0389. The Hall–Kier alpha value is -3.73. The fourth-order valence-corrected chi connectivity index (χ4v) is 3.47. The van der Waals surface area contributed by atoms with Crippen LogP contribution in [0.4, 0.5) is 16.2 Å². The van der Waals surface area contributed by atoms with Crippen LogP contribution in [0.1, 0.15) is 11.1 Å². The molecule has 2 aromatic rings. The van der Waals surface area contributed by atoms with Gasteiger partial charge in [-0.1, -0.05) is 18.2 Å².